The molecule has 2 heterocycles. The molecule has 0 radical (unpaired) electrons. The molecule has 2 aromatic heterocycles. The van der Waals surface area contributed by atoms with E-state index in [-0.39, 0.29) is 24.1 Å². The Morgan fingerprint density at radius 1 is 1.03 bits per heavy atom. The summed E-state index contributed by atoms with van der Waals surface area (Å²) in [5.41, 5.74) is 4.52. The van der Waals surface area contributed by atoms with Crippen LogP contribution in [0.5, 0.6) is 0 Å². The molecule has 0 saturated carbocycles. The van der Waals surface area contributed by atoms with Crippen molar-refractivity contribution in [2.45, 2.75) is 46.2 Å². The first kappa shape index (κ1) is 21.6. The zero-order chi connectivity index (χ0) is 22.7. The second-order valence-corrected chi connectivity index (χ2v) is 8.31. The third kappa shape index (κ3) is 4.49. The molecule has 6 heteroatoms. The van der Waals surface area contributed by atoms with Crippen LogP contribution in [0.1, 0.15) is 30.0 Å². The highest BCUT2D eigenvalue weighted by Gasteiger charge is 2.19. The van der Waals surface area contributed by atoms with E-state index in [2.05, 4.69) is 22.4 Å². The zero-order valence-corrected chi connectivity index (χ0v) is 18.7. The van der Waals surface area contributed by atoms with Gasteiger partial charge in [-0.05, 0) is 74.6 Å². The molecule has 0 bridgehead atoms. The zero-order valence-electron chi connectivity index (χ0n) is 18.7. The molecule has 1 amide bonds. The largest absolute Gasteiger partial charge is 0.352 e. The number of amides is 1. The first-order valence-electron chi connectivity index (χ1n) is 10.9. The van der Waals surface area contributed by atoms with Crippen LogP contribution in [0.25, 0.3) is 16.7 Å². The Balaban J connectivity index is 1.58. The molecule has 164 valence electrons. The van der Waals surface area contributed by atoms with Crippen LogP contribution in [0.4, 0.5) is 0 Å². The van der Waals surface area contributed by atoms with E-state index in [1.807, 2.05) is 57.2 Å². The Bertz CT molecular complexity index is 1300. The van der Waals surface area contributed by atoms with Crippen LogP contribution >= 0.6 is 0 Å². The van der Waals surface area contributed by atoms with E-state index in [9.17, 15) is 9.59 Å². The Morgan fingerprint density at radius 3 is 2.56 bits per heavy atom. The number of aromatic nitrogens is 3. The number of aryl methyl sites for hydroxylation is 3. The molecular weight excluding hydrogens is 400 g/mol. The van der Waals surface area contributed by atoms with Gasteiger partial charge in [0.1, 0.15) is 6.54 Å². The van der Waals surface area contributed by atoms with Crippen LogP contribution < -0.4 is 10.9 Å². The number of nitrogens with zero attached hydrogens (tertiary/aromatic N) is 3. The van der Waals surface area contributed by atoms with Gasteiger partial charge in [0.15, 0.2) is 5.65 Å². The summed E-state index contributed by atoms with van der Waals surface area (Å²) in [5.74, 6) is -0.148. The molecule has 2 aromatic carbocycles. The Morgan fingerprint density at radius 2 is 1.81 bits per heavy atom. The van der Waals surface area contributed by atoms with Gasteiger partial charge < -0.3 is 5.32 Å². The smallest absolute Gasteiger partial charge is 0.280 e. The lowest BCUT2D eigenvalue weighted by atomic mass is 10.1. The molecule has 0 aliphatic heterocycles. The SMILES string of the molecule is Cc1ccc(-n2c(=O)c3cccnc3n2CC(=O)NC(C)CCc2ccccc2)cc1C. The Hall–Kier alpha value is -3.67. The molecule has 32 heavy (non-hydrogen) atoms. The van der Waals surface area contributed by atoms with Crippen LogP contribution in [-0.4, -0.2) is 26.3 Å². The first-order chi connectivity index (χ1) is 15.4. The number of nitrogens with one attached hydrogen (secondary N) is 1. The standard InChI is InChI=1S/C26H28N4O2/c1-18-11-14-22(16-19(18)2)30-26(32)23-10-7-15-27-25(23)29(30)17-24(31)28-20(3)12-13-21-8-5-4-6-9-21/h4-11,14-16,20H,12-13,17H2,1-3H3,(H,28,31). The van der Waals surface area contributed by atoms with Crippen molar-refractivity contribution in [3.8, 4) is 5.69 Å². The van der Waals surface area contributed by atoms with Crippen molar-refractivity contribution in [2.75, 3.05) is 0 Å². The van der Waals surface area contributed by atoms with E-state index in [4.69, 9.17) is 0 Å². The van der Waals surface area contributed by atoms with Gasteiger partial charge in [0.25, 0.3) is 5.56 Å². The normalized spacial score (nSPS) is 12.1. The summed E-state index contributed by atoms with van der Waals surface area (Å²) in [4.78, 5) is 30.5. The Labute approximate surface area is 187 Å². The van der Waals surface area contributed by atoms with E-state index in [0.717, 1.165) is 29.7 Å². The summed E-state index contributed by atoms with van der Waals surface area (Å²) in [7, 11) is 0. The molecule has 4 aromatic rings. The third-order valence-corrected chi connectivity index (χ3v) is 5.84. The van der Waals surface area contributed by atoms with E-state index in [1.165, 1.54) is 5.56 Å². The first-order valence-corrected chi connectivity index (χ1v) is 10.9. The van der Waals surface area contributed by atoms with Gasteiger partial charge in [0.2, 0.25) is 5.91 Å². The van der Waals surface area contributed by atoms with Crippen molar-refractivity contribution in [1.82, 2.24) is 19.7 Å². The number of fused-ring (bicyclic) bond motifs is 1. The topological polar surface area (TPSA) is 68.9 Å². The maximum absolute atomic E-state index is 13.2. The molecule has 0 aliphatic carbocycles. The number of hydrogen-bond acceptors (Lipinski definition) is 3. The number of carbonyl (C=O) groups is 1. The van der Waals surface area contributed by atoms with Crippen molar-refractivity contribution >= 4 is 16.9 Å². The lowest BCUT2D eigenvalue weighted by molar-refractivity contribution is -0.122. The summed E-state index contributed by atoms with van der Waals surface area (Å²) in [6, 6.07) is 19.6. The third-order valence-electron chi connectivity index (χ3n) is 5.84. The van der Waals surface area contributed by atoms with Gasteiger partial charge in [-0.2, -0.15) is 0 Å². The van der Waals surface area contributed by atoms with Gasteiger partial charge >= 0.3 is 0 Å². The van der Waals surface area contributed by atoms with Crippen LogP contribution in [-0.2, 0) is 17.8 Å². The lowest BCUT2D eigenvalue weighted by Gasteiger charge is -2.17. The number of hydrogen-bond donors (Lipinski definition) is 1. The van der Waals surface area contributed by atoms with Crippen LogP contribution in [0.3, 0.4) is 0 Å². The van der Waals surface area contributed by atoms with Crippen LogP contribution in [0.2, 0.25) is 0 Å². The average Bonchev–Trinajstić information content (AvgIpc) is 3.06. The minimum absolute atomic E-state index is 0.0123. The van der Waals surface area contributed by atoms with Crippen molar-refractivity contribution in [2.24, 2.45) is 0 Å². The number of benzene rings is 2. The quantitative estimate of drug-likeness (QED) is 0.485. The number of carbonyl (C=O) groups excluding carboxylic acids is 1. The van der Waals surface area contributed by atoms with Gasteiger partial charge in [-0.15, -0.1) is 0 Å². The molecular formula is C26H28N4O2. The number of rotatable bonds is 7. The molecule has 1 atom stereocenters. The molecule has 0 aliphatic rings. The van der Waals surface area contributed by atoms with Crippen molar-refractivity contribution in [3.05, 3.63) is 93.9 Å². The van der Waals surface area contributed by atoms with Crippen LogP contribution in [0.15, 0.2) is 71.7 Å². The number of pyridine rings is 1. The van der Waals surface area contributed by atoms with Gasteiger partial charge in [-0.25, -0.2) is 9.67 Å². The summed E-state index contributed by atoms with van der Waals surface area (Å²) in [6.07, 6.45) is 3.37. The summed E-state index contributed by atoms with van der Waals surface area (Å²) < 4.78 is 3.22. The minimum atomic E-state index is -0.179. The molecule has 1 unspecified atom stereocenters. The van der Waals surface area contributed by atoms with E-state index in [0.29, 0.717) is 11.0 Å². The van der Waals surface area contributed by atoms with Crippen LogP contribution in [0, 0.1) is 13.8 Å². The summed E-state index contributed by atoms with van der Waals surface area (Å²) in [6.45, 7) is 6.06. The maximum Gasteiger partial charge on any atom is 0.280 e. The lowest BCUT2D eigenvalue weighted by Crippen LogP contribution is -2.37. The van der Waals surface area contributed by atoms with E-state index in [1.54, 1.807) is 27.7 Å². The fourth-order valence-corrected chi connectivity index (χ4v) is 3.90. The van der Waals surface area contributed by atoms with Gasteiger partial charge in [-0.3, -0.25) is 14.3 Å². The van der Waals surface area contributed by atoms with Gasteiger partial charge in [0, 0.05) is 12.2 Å². The molecule has 4 rings (SSSR count). The highest BCUT2D eigenvalue weighted by Crippen LogP contribution is 2.17. The molecule has 0 saturated heterocycles. The molecule has 0 spiro atoms. The fraction of sp³-hybridized carbons (Fsp3) is 0.269. The van der Waals surface area contributed by atoms with E-state index >= 15 is 0 Å². The van der Waals surface area contributed by atoms with Crippen molar-refractivity contribution < 1.29 is 4.79 Å². The second kappa shape index (κ2) is 9.22. The molecule has 0 fully saturated rings. The van der Waals surface area contributed by atoms with Crippen molar-refractivity contribution in [3.63, 3.8) is 0 Å². The highest BCUT2D eigenvalue weighted by molar-refractivity contribution is 5.80. The highest BCUT2D eigenvalue weighted by atomic mass is 16.2. The maximum atomic E-state index is 13.2. The fourth-order valence-electron chi connectivity index (χ4n) is 3.90. The monoisotopic (exact) mass is 428 g/mol. The second-order valence-electron chi connectivity index (χ2n) is 8.31. The molecule has 6 nitrogen and oxygen atoms in total. The average molecular weight is 429 g/mol. The van der Waals surface area contributed by atoms with Crippen molar-refractivity contribution in [1.29, 1.82) is 0 Å². The van der Waals surface area contributed by atoms with E-state index < -0.39 is 0 Å². The minimum Gasteiger partial charge on any atom is -0.352 e. The summed E-state index contributed by atoms with van der Waals surface area (Å²) >= 11 is 0. The predicted molar refractivity (Wildman–Crippen MR) is 127 cm³/mol. The Kier molecular flexibility index (Phi) is 6.21. The predicted octanol–water partition coefficient (Wildman–Crippen LogP) is 3.94. The van der Waals surface area contributed by atoms with Gasteiger partial charge in [-0.1, -0.05) is 36.4 Å². The molecule has 1 N–H and O–H groups in total. The summed E-state index contributed by atoms with van der Waals surface area (Å²) in [5, 5.41) is 3.56. The van der Waals surface area contributed by atoms with Gasteiger partial charge in [0.05, 0.1) is 11.1 Å².